The highest BCUT2D eigenvalue weighted by Crippen LogP contribution is 2.06. The maximum atomic E-state index is 11.4. The summed E-state index contributed by atoms with van der Waals surface area (Å²) >= 11 is 1.82. The van der Waals surface area contributed by atoms with Gasteiger partial charge >= 0.3 is 6.03 Å². The monoisotopic (exact) mass is 202 g/mol. The van der Waals surface area contributed by atoms with Gasteiger partial charge in [-0.1, -0.05) is 0 Å². The fourth-order valence-corrected chi connectivity index (χ4v) is 1.88. The van der Waals surface area contributed by atoms with Gasteiger partial charge in [-0.25, -0.2) is 4.79 Å². The van der Waals surface area contributed by atoms with E-state index in [2.05, 4.69) is 11.6 Å². The molecule has 0 aromatic carbocycles. The van der Waals surface area contributed by atoms with Gasteiger partial charge in [0.25, 0.3) is 0 Å². The van der Waals surface area contributed by atoms with Crippen molar-refractivity contribution in [2.45, 2.75) is 19.3 Å². The van der Waals surface area contributed by atoms with Crippen LogP contribution in [0.15, 0.2) is 0 Å². The molecule has 4 heteroatoms. The molecule has 13 heavy (non-hydrogen) atoms. The Bertz CT molecular complexity index is 158. The molecule has 0 aromatic rings. The van der Waals surface area contributed by atoms with E-state index in [1.165, 1.54) is 0 Å². The lowest BCUT2D eigenvalue weighted by Gasteiger charge is -2.15. The van der Waals surface area contributed by atoms with Crippen LogP contribution in [-0.2, 0) is 0 Å². The molecule has 1 N–H and O–H groups in total. The first-order valence-corrected chi connectivity index (χ1v) is 6.25. The Morgan fingerprint density at radius 2 is 2.15 bits per heavy atom. The fourth-order valence-electron chi connectivity index (χ4n) is 1.44. The molecule has 0 aromatic heterocycles. The molecule has 1 aliphatic rings. The number of carbonyl (C=O) groups is 1. The first-order valence-electron chi connectivity index (χ1n) is 4.86. The third-order valence-electron chi connectivity index (χ3n) is 2.19. The van der Waals surface area contributed by atoms with Crippen molar-refractivity contribution in [3.05, 3.63) is 0 Å². The van der Waals surface area contributed by atoms with Crippen LogP contribution in [0.3, 0.4) is 0 Å². The van der Waals surface area contributed by atoms with Crippen LogP contribution < -0.4 is 5.32 Å². The number of carbonyl (C=O) groups excluding carboxylic acids is 1. The van der Waals surface area contributed by atoms with Crippen LogP contribution in [0.1, 0.15) is 19.3 Å². The molecule has 2 amide bonds. The van der Waals surface area contributed by atoms with Crippen LogP contribution >= 0.6 is 11.8 Å². The summed E-state index contributed by atoms with van der Waals surface area (Å²) in [5.74, 6) is 1.13. The minimum atomic E-state index is 0.124. The zero-order valence-corrected chi connectivity index (χ0v) is 9.03. The van der Waals surface area contributed by atoms with Crippen LogP contribution in [-0.4, -0.2) is 42.6 Å². The van der Waals surface area contributed by atoms with E-state index in [-0.39, 0.29) is 6.03 Å². The van der Waals surface area contributed by atoms with Crippen molar-refractivity contribution in [2.24, 2.45) is 0 Å². The van der Waals surface area contributed by atoms with Gasteiger partial charge in [0.2, 0.25) is 0 Å². The molecular weight excluding hydrogens is 184 g/mol. The van der Waals surface area contributed by atoms with E-state index in [1.54, 1.807) is 0 Å². The second-order valence-corrected chi connectivity index (χ2v) is 4.26. The molecule has 1 fully saturated rings. The summed E-state index contributed by atoms with van der Waals surface area (Å²) in [6.45, 7) is 2.69. The predicted octanol–water partition coefficient (Wildman–Crippen LogP) is 1.54. The van der Waals surface area contributed by atoms with Crippen LogP contribution in [0, 0.1) is 0 Å². The molecule has 1 rings (SSSR count). The number of rotatable bonds is 4. The number of amides is 2. The Hall–Kier alpha value is -0.380. The normalized spacial score (nSPS) is 16.2. The largest absolute Gasteiger partial charge is 0.338 e. The molecule has 0 aliphatic carbocycles. The summed E-state index contributed by atoms with van der Waals surface area (Å²) < 4.78 is 0. The zero-order valence-electron chi connectivity index (χ0n) is 8.21. The van der Waals surface area contributed by atoms with Gasteiger partial charge in [0.15, 0.2) is 0 Å². The average Bonchev–Trinajstić information content (AvgIpc) is 2.65. The lowest BCUT2D eigenvalue weighted by molar-refractivity contribution is 0.209. The summed E-state index contributed by atoms with van der Waals surface area (Å²) in [4.78, 5) is 13.3. The number of hydrogen-bond donors (Lipinski definition) is 1. The van der Waals surface area contributed by atoms with E-state index in [1.807, 2.05) is 16.7 Å². The molecule has 1 aliphatic heterocycles. The lowest BCUT2D eigenvalue weighted by Crippen LogP contribution is -2.38. The summed E-state index contributed by atoms with van der Waals surface area (Å²) in [7, 11) is 0. The molecule has 0 spiro atoms. The number of thioether (sulfide) groups is 1. The molecular formula is C9H18N2OS. The third-order valence-corrected chi connectivity index (χ3v) is 2.89. The van der Waals surface area contributed by atoms with E-state index in [0.717, 1.165) is 44.6 Å². The van der Waals surface area contributed by atoms with Gasteiger partial charge in [-0.2, -0.15) is 11.8 Å². The molecule has 3 nitrogen and oxygen atoms in total. The maximum Gasteiger partial charge on any atom is 0.317 e. The molecule has 0 atom stereocenters. The van der Waals surface area contributed by atoms with Crippen LogP contribution in [0.2, 0.25) is 0 Å². The molecule has 0 unspecified atom stereocenters. The third kappa shape index (κ3) is 3.89. The van der Waals surface area contributed by atoms with Crippen molar-refractivity contribution in [2.75, 3.05) is 31.6 Å². The summed E-state index contributed by atoms with van der Waals surface area (Å²) in [6, 6.07) is 0.124. The standard InChI is InChI=1S/C9H18N2OS/c1-13-8-4-5-10-9(12)11-6-2-3-7-11/h2-8H2,1H3,(H,10,12). The average molecular weight is 202 g/mol. The van der Waals surface area contributed by atoms with Gasteiger partial charge in [0.05, 0.1) is 0 Å². The smallest absolute Gasteiger partial charge is 0.317 e. The van der Waals surface area contributed by atoms with Gasteiger partial charge < -0.3 is 10.2 Å². The SMILES string of the molecule is CSCCCNC(=O)N1CCCC1. The first kappa shape index (κ1) is 10.7. The highest BCUT2D eigenvalue weighted by molar-refractivity contribution is 7.98. The molecule has 0 radical (unpaired) electrons. The van der Waals surface area contributed by atoms with Crippen molar-refractivity contribution in [1.82, 2.24) is 10.2 Å². The van der Waals surface area contributed by atoms with Gasteiger partial charge in [0, 0.05) is 19.6 Å². The molecule has 1 heterocycles. The highest BCUT2D eigenvalue weighted by atomic mass is 32.2. The number of hydrogen-bond acceptors (Lipinski definition) is 2. The Morgan fingerprint density at radius 3 is 2.77 bits per heavy atom. The molecule has 1 saturated heterocycles. The summed E-state index contributed by atoms with van der Waals surface area (Å²) in [5.41, 5.74) is 0. The first-order chi connectivity index (χ1) is 6.34. The Labute approximate surface area is 84.2 Å². The van der Waals surface area contributed by atoms with Gasteiger partial charge in [-0.3, -0.25) is 0 Å². The minimum Gasteiger partial charge on any atom is -0.338 e. The summed E-state index contributed by atoms with van der Waals surface area (Å²) in [5, 5.41) is 2.93. The van der Waals surface area contributed by atoms with E-state index < -0.39 is 0 Å². The fraction of sp³-hybridized carbons (Fsp3) is 0.889. The number of nitrogens with zero attached hydrogens (tertiary/aromatic N) is 1. The van der Waals surface area contributed by atoms with E-state index in [0.29, 0.717) is 0 Å². The van der Waals surface area contributed by atoms with E-state index in [9.17, 15) is 4.79 Å². The number of nitrogens with one attached hydrogen (secondary N) is 1. The van der Waals surface area contributed by atoms with E-state index in [4.69, 9.17) is 0 Å². The zero-order chi connectivity index (χ0) is 9.52. The Kier molecular flexibility index (Phi) is 5.05. The van der Waals surface area contributed by atoms with Crippen LogP contribution in [0.4, 0.5) is 4.79 Å². The van der Waals surface area contributed by atoms with E-state index >= 15 is 0 Å². The van der Waals surface area contributed by atoms with Gasteiger partial charge in [-0.05, 0) is 31.3 Å². The minimum absolute atomic E-state index is 0.124. The van der Waals surface area contributed by atoms with Gasteiger partial charge in [0.1, 0.15) is 0 Å². The predicted molar refractivity (Wildman–Crippen MR) is 57.2 cm³/mol. The molecule has 0 saturated carbocycles. The van der Waals surface area contributed by atoms with Gasteiger partial charge in [-0.15, -0.1) is 0 Å². The molecule has 0 bridgehead atoms. The van der Waals surface area contributed by atoms with Crippen molar-refractivity contribution in [3.8, 4) is 0 Å². The van der Waals surface area contributed by atoms with Crippen molar-refractivity contribution >= 4 is 17.8 Å². The van der Waals surface area contributed by atoms with Crippen molar-refractivity contribution in [3.63, 3.8) is 0 Å². The quantitative estimate of drug-likeness (QED) is 0.701. The summed E-state index contributed by atoms with van der Waals surface area (Å²) in [6.07, 6.45) is 5.49. The number of likely N-dealkylation sites (tertiary alicyclic amines) is 1. The number of urea groups is 1. The van der Waals surface area contributed by atoms with Crippen LogP contribution in [0.5, 0.6) is 0 Å². The second-order valence-electron chi connectivity index (χ2n) is 3.27. The second kappa shape index (κ2) is 6.13. The maximum absolute atomic E-state index is 11.4. The molecule has 76 valence electrons. The Morgan fingerprint density at radius 1 is 1.46 bits per heavy atom. The van der Waals surface area contributed by atoms with Crippen molar-refractivity contribution in [1.29, 1.82) is 0 Å². The highest BCUT2D eigenvalue weighted by Gasteiger charge is 2.16. The Balaban J connectivity index is 2.03. The van der Waals surface area contributed by atoms with Crippen LogP contribution in [0.25, 0.3) is 0 Å². The topological polar surface area (TPSA) is 32.3 Å². The van der Waals surface area contributed by atoms with Crippen molar-refractivity contribution < 1.29 is 4.79 Å². The lowest BCUT2D eigenvalue weighted by atomic mass is 10.4.